The van der Waals surface area contributed by atoms with Crippen molar-refractivity contribution >= 4 is 17.9 Å². The van der Waals surface area contributed by atoms with Gasteiger partial charge in [-0.25, -0.2) is 0 Å². The Kier molecular flexibility index (Phi) is 70.7. The van der Waals surface area contributed by atoms with Gasteiger partial charge >= 0.3 is 11.9 Å². The average molecular weight is 1320 g/mol. The lowest BCUT2D eigenvalue weighted by Gasteiger charge is -2.26. The minimum Gasteiger partial charge on any atom is -0.545 e. The molecule has 0 fully saturated rings. The molecular formula is C86H143NO8. The minimum absolute atomic E-state index is 0.142. The van der Waals surface area contributed by atoms with Crippen LogP contribution >= 0.6 is 0 Å². The Bertz CT molecular complexity index is 2130. The number of ether oxygens (including phenoxy) is 4. The third-order valence-electron chi connectivity index (χ3n) is 16.3. The molecule has 0 aromatic rings. The summed E-state index contributed by atoms with van der Waals surface area (Å²) in [6.45, 7) is 4.53. The summed E-state index contributed by atoms with van der Waals surface area (Å²) in [7, 11) is 5.93. The van der Waals surface area contributed by atoms with Crippen LogP contribution in [0.1, 0.15) is 309 Å². The number of hydrogen-bond acceptors (Lipinski definition) is 8. The van der Waals surface area contributed by atoms with Gasteiger partial charge in [-0.1, -0.05) is 332 Å². The summed E-state index contributed by atoms with van der Waals surface area (Å²) < 4.78 is 22.8. The molecule has 9 nitrogen and oxygen atoms in total. The number of carboxylic acid groups (broad SMARTS) is 1. The molecule has 0 aliphatic heterocycles. The summed E-state index contributed by atoms with van der Waals surface area (Å²) in [6, 6.07) is 0. The van der Waals surface area contributed by atoms with Crippen LogP contribution in [-0.4, -0.2) is 82.3 Å². The average Bonchev–Trinajstić information content (AvgIpc) is 3.75. The fourth-order valence-electron chi connectivity index (χ4n) is 10.5. The molecule has 0 aromatic carbocycles. The van der Waals surface area contributed by atoms with Gasteiger partial charge in [0.2, 0.25) is 0 Å². The first kappa shape index (κ1) is 89.9. The number of aliphatic carboxylic acids is 1. The van der Waals surface area contributed by atoms with Crippen LogP contribution in [0.2, 0.25) is 0 Å². The van der Waals surface area contributed by atoms with Gasteiger partial charge in [0.25, 0.3) is 0 Å². The topological polar surface area (TPSA) is 111 Å². The lowest BCUT2D eigenvalue weighted by molar-refractivity contribution is -0.870. The van der Waals surface area contributed by atoms with E-state index in [-0.39, 0.29) is 38.6 Å². The van der Waals surface area contributed by atoms with Gasteiger partial charge in [0.15, 0.2) is 12.4 Å². The highest BCUT2D eigenvalue weighted by Gasteiger charge is 2.22. The maximum atomic E-state index is 13.0. The van der Waals surface area contributed by atoms with Crippen molar-refractivity contribution in [3.05, 3.63) is 158 Å². The van der Waals surface area contributed by atoms with Gasteiger partial charge in [-0.15, -0.1) is 0 Å². The monoisotopic (exact) mass is 1320 g/mol. The van der Waals surface area contributed by atoms with E-state index in [1.165, 1.54) is 148 Å². The van der Waals surface area contributed by atoms with Crippen LogP contribution < -0.4 is 5.11 Å². The number of esters is 2. The van der Waals surface area contributed by atoms with E-state index in [0.29, 0.717) is 17.4 Å². The zero-order valence-electron chi connectivity index (χ0n) is 61.7. The van der Waals surface area contributed by atoms with E-state index < -0.39 is 24.3 Å². The Labute approximate surface area is 584 Å². The van der Waals surface area contributed by atoms with Crippen molar-refractivity contribution in [3.63, 3.8) is 0 Å². The number of hydrogen-bond donors (Lipinski definition) is 0. The van der Waals surface area contributed by atoms with E-state index in [9.17, 15) is 19.5 Å². The molecule has 2 atom stereocenters. The zero-order chi connectivity index (χ0) is 69.0. The SMILES string of the molecule is CC/C=C\C/C=C\C/C=C\C/C=C\C/C=C\C/C=C\C/C=C\CCCCCCCCCCCCCC(=O)OC(COC(=O)CCCCCCCCCCCCCCCCCCCC/C=C\C/C=C\C/C=C\C/C=C\C/C=C\C/C=C\CC)COC(OCC[N+](C)(C)C)C(=O)[O-]. The van der Waals surface area contributed by atoms with Crippen molar-refractivity contribution in [1.29, 1.82) is 0 Å². The number of allylic oxidation sites excluding steroid dienone is 26. The molecule has 0 heterocycles. The molecule has 0 bridgehead atoms. The molecule has 2 unspecified atom stereocenters. The summed E-state index contributed by atoms with van der Waals surface area (Å²) in [4.78, 5) is 37.6. The summed E-state index contributed by atoms with van der Waals surface area (Å²) in [5.41, 5.74) is 0. The second-order valence-corrected chi connectivity index (χ2v) is 26.5. The predicted octanol–water partition coefficient (Wildman–Crippen LogP) is 23.5. The Balaban J connectivity index is 4.08. The number of carbonyl (C=O) groups excluding carboxylic acids is 3. The highest BCUT2D eigenvalue weighted by molar-refractivity contribution is 5.70. The number of carbonyl (C=O) groups is 3. The first-order valence-corrected chi connectivity index (χ1v) is 38.6. The molecule has 0 amide bonds. The zero-order valence-corrected chi connectivity index (χ0v) is 61.7. The Morgan fingerprint density at radius 2 is 0.568 bits per heavy atom. The van der Waals surface area contributed by atoms with Crippen molar-refractivity contribution in [2.45, 2.75) is 322 Å². The van der Waals surface area contributed by atoms with Crippen LogP contribution in [0.4, 0.5) is 0 Å². The summed E-state index contributed by atoms with van der Waals surface area (Å²) in [6.07, 6.45) is 108. The summed E-state index contributed by atoms with van der Waals surface area (Å²) >= 11 is 0. The van der Waals surface area contributed by atoms with Gasteiger partial charge in [0.05, 0.1) is 40.3 Å². The number of rotatable bonds is 70. The lowest BCUT2D eigenvalue weighted by atomic mass is 10.0. The molecule has 0 aromatic heterocycles. The molecule has 0 aliphatic carbocycles. The van der Waals surface area contributed by atoms with Crippen LogP contribution in [0.3, 0.4) is 0 Å². The van der Waals surface area contributed by atoms with Crippen molar-refractivity contribution < 1.29 is 42.9 Å². The Morgan fingerprint density at radius 1 is 0.316 bits per heavy atom. The van der Waals surface area contributed by atoms with E-state index in [4.69, 9.17) is 18.9 Å². The van der Waals surface area contributed by atoms with Gasteiger partial charge in [-0.05, 0) is 122 Å². The number of nitrogens with zero attached hydrogens (tertiary/aromatic N) is 1. The number of carboxylic acids is 1. The van der Waals surface area contributed by atoms with Crippen LogP contribution in [0.5, 0.6) is 0 Å². The van der Waals surface area contributed by atoms with Crippen molar-refractivity contribution in [2.24, 2.45) is 0 Å². The number of quaternary nitrogens is 1. The van der Waals surface area contributed by atoms with Gasteiger partial charge in [0.1, 0.15) is 13.2 Å². The summed E-state index contributed by atoms with van der Waals surface area (Å²) in [5.74, 6) is -2.29. The van der Waals surface area contributed by atoms with E-state index in [0.717, 1.165) is 128 Å². The number of unbranched alkanes of at least 4 members (excludes halogenated alkanes) is 29. The van der Waals surface area contributed by atoms with Crippen LogP contribution in [0.25, 0.3) is 0 Å². The normalized spacial score (nSPS) is 13.6. The standard InChI is InChI=1S/C86H143NO8/c1-6-8-10-12-14-16-18-20-22-24-26-28-30-32-34-36-38-40-41-42-43-45-46-48-50-52-54-56-58-60-62-64-66-68-70-72-74-76-83(88)93-80-82(81-94-86(85(90)91)92-79-78-87(3,4)5)95-84(89)77-75-73-71-69-67-65-63-61-59-57-55-53-51-49-47-44-39-37-35-33-31-29-27-25-23-21-19-17-15-13-11-9-7-2/h8-11,14-17,20-23,26-29,32-35,38-40,44,49,51,82,86H,6-7,12-13,18-19,24-25,30-31,36-37,41-43,45-48,50,52-81H2,1-5H3/b10-8-,11-9-,16-14-,17-15-,22-20-,23-21-,28-26-,29-27-,34-32-,35-33-,40-38-,44-39-,51-49-. The molecule has 95 heavy (non-hydrogen) atoms. The molecule has 0 saturated carbocycles. The lowest BCUT2D eigenvalue weighted by Crippen LogP contribution is -2.44. The predicted molar refractivity (Wildman–Crippen MR) is 407 cm³/mol. The third kappa shape index (κ3) is 76.1. The van der Waals surface area contributed by atoms with E-state index in [2.05, 4.69) is 172 Å². The van der Waals surface area contributed by atoms with Gasteiger partial charge in [-0.2, -0.15) is 0 Å². The molecule has 0 radical (unpaired) electrons. The van der Waals surface area contributed by atoms with Crippen molar-refractivity contribution in [1.82, 2.24) is 0 Å². The third-order valence-corrected chi connectivity index (χ3v) is 16.3. The van der Waals surface area contributed by atoms with Crippen molar-refractivity contribution in [3.8, 4) is 0 Å². The Hall–Kier alpha value is -5.09. The molecule has 0 aliphatic rings. The minimum atomic E-state index is -1.63. The first-order valence-electron chi connectivity index (χ1n) is 38.6. The van der Waals surface area contributed by atoms with E-state index in [1.54, 1.807) is 0 Å². The van der Waals surface area contributed by atoms with Crippen LogP contribution in [0.15, 0.2) is 158 Å². The smallest absolute Gasteiger partial charge is 0.306 e. The number of likely N-dealkylation sites (N-methyl/N-ethyl adjacent to an activating group) is 1. The summed E-state index contributed by atoms with van der Waals surface area (Å²) in [5, 5.41) is 11.9. The Morgan fingerprint density at radius 3 is 0.842 bits per heavy atom. The quantitative estimate of drug-likeness (QED) is 0.0195. The molecule has 0 saturated heterocycles. The molecule has 0 N–H and O–H groups in total. The van der Waals surface area contributed by atoms with Gasteiger partial charge in [0, 0.05) is 12.8 Å². The van der Waals surface area contributed by atoms with E-state index in [1.807, 2.05) is 21.1 Å². The van der Waals surface area contributed by atoms with Crippen LogP contribution in [-0.2, 0) is 33.3 Å². The largest absolute Gasteiger partial charge is 0.545 e. The fraction of sp³-hybridized carbons (Fsp3) is 0.663. The molecule has 0 spiro atoms. The molecule has 9 heteroatoms. The fourth-order valence-corrected chi connectivity index (χ4v) is 10.5. The highest BCUT2D eigenvalue weighted by Crippen LogP contribution is 2.18. The molecule has 540 valence electrons. The van der Waals surface area contributed by atoms with Crippen LogP contribution in [0, 0.1) is 0 Å². The molecule has 0 rings (SSSR count). The maximum Gasteiger partial charge on any atom is 0.306 e. The first-order chi connectivity index (χ1) is 46.6. The van der Waals surface area contributed by atoms with E-state index >= 15 is 0 Å². The second-order valence-electron chi connectivity index (χ2n) is 26.5. The van der Waals surface area contributed by atoms with Gasteiger partial charge < -0.3 is 33.3 Å². The maximum absolute atomic E-state index is 13.0. The highest BCUT2D eigenvalue weighted by atomic mass is 16.7. The van der Waals surface area contributed by atoms with Crippen molar-refractivity contribution in [2.75, 3.05) is 47.5 Å². The second kappa shape index (κ2) is 74.7. The van der Waals surface area contributed by atoms with Gasteiger partial charge in [-0.3, -0.25) is 9.59 Å². The molecular weight excluding hydrogens is 1170 g/mol.